The van der Waals surface area contributed by atoms with Crippen molar-refractivity contribution in [2.24, 2.45) is 0 Å². The number of nitrogens with zero attached hydrogens (tertiary/aromatic N) is 3. The van der Waals surface area contributed by atoms with Gasteiger partial charge in [0.2, 0.25) is 5.82 Å². The number of anilines is 1. The molecule has 0 saturated heterocycles. The van der Waals surface area contributed by atoms with Crippen LogP contribution >= 0.6 is 0 Å². The molecule has 1 N–H and O–H groups in total. The summed E-state index contributed by atoms with van der Waals surface area (Å²) in [5.74, 6) is -0.592. The summed E-state index contributed by atoms with van der Waals surface area (Å²) < 4.78 is 15.5. The van der Waals surface area contributed by atoms with E-state index in [9.17, 15) is 9.18 Å². The second-order valence-corrected chi connectivity index (χ2v) is 6.26. The average molecular weight is 372 g/mol. The van der Waals surface area contributed by atoms with Crippen LogP contribution < -0.4 is 5.32 Å². The van der Waals surface area contributed by atoms with Gasteiger partial charge < -0.3 is 5.32 Å². The van der Waals surface area contributed by atoms with Crippen LogP contribution in [0, 0.1) is 12.7 Å². The highest BCUT2D eigenvalue weighted by Gasteiger charge is 2.20. The van der Waals surface area contributed by atoms with Gasteiger partial charge in [-0.1, -0.05) is 60.7 Å². The Morgan fingerprint density at radius 2 is 1.61 bits per heavy atom. The van der Waals surface area contributed by atoms with Crippen molar-refractivity contribution in [3.8, 4) is 17.1 Å². The summed E-state index contributed by atoms with van der Waals surface area (Å²) in [6.07, 6.45) is 0. The van der Waals surface area contributed by atoms with Gasteiger partial charge in [-0.25, -0.2) is 14.1 Å². The summed E-state index contributed by atoms with van der Waals surface area (Å²) >= 11 is 0. The van der Waals surface area contributed by atoms with Crippen molar-refractivity contribution in [3.05, 3.63) is 96.1 Å². The first kappa shape index (κ1) is 17.6. The second kappa shape index (κ2) is 7.44. The van der Waals surface area contributed by atoms with Gasteiger partial charge in [-0.05, 0) is 30.7 Å². The predicted molar refractivity (Wildman–Crippen MR) is 106 cm³/mol. The number of para-hydroxylation sites is 2. The normalized spacial score (nSPS) is 10.6. The Hall–Kier alpha value is -3.80. The summed E-state index contributed by atoms with van der Waals surface area (Å²) in [6.45, 7) is 1.96. The number of rotatable bonds is 4. The van der Waals surface area contributed by atoms with Crippen LogP contribution in [0.1, 0.15) is 16.2 Å². The monoisotopic (exact) mass is 372 g/mol. The number of nitrogens with one attached hydrogen (secondary N) is 1. The molecule has 0 unspecified atom stereocenters. The van der Waals surface area contributed by atoms with Gasteiger partial charge in [-0.15, -0.1) is 5.10 Å². The van der Waals surface area contributed by atoms with E-state index in [1.807, 2.05) is 61.5 Å². The van der Waals surface area contributed by atoms with Crippen molar-refractivity contribution >= 4 is 11.6 Å². The van der Waals surface area contributed by atoms with Crippen molar-refractivity contribution in [2.45, 2.75) is 6.92 Å². The number of benzene rings is 3. The molecule has 4 aromatic rings. The molecule has 1 heterocycles. The lowest BCUT2D eigenvalue weighted by Crippen LogP contribution is -2.15. The lowest BCUT2D eigenvalue weighted by atomic mass is 10.2. The SMILES string of the molecule is Cc1ccccc1-n1nc(C(=O)Nc2ccccc2F)nc1-c1ccccc1. The Morgan fingerprint density at radius 3 is 2.36 bits per heavy atom. The molecule has 0 bridgehead atoms. The van der Waals surface area contributed by atoms with E-state index in [-0.39, 0.29) is 11.5 Å². The van der Waals surface area contributed by atoms with Crippen molar-refractivity contribution < 1.29 is 9.18 Å². The lowest BCUT2D eigenvalue weighted by Gasteiger charge is -2.08. The first-order valence-corrected chi connectivity index (χ1v) is 8.78. The molecule has 0 radical (unpaired) electrons. The fourth-order valence-electron chi connectivity index (χ4n) is 2.89. The zero-order valence-electron chi connectivity index (χ0n) is 15.1. The Kier molecular flexibility index (Phi) is 4.68. The smallest absolute Gasteiger partial charge is 0.295 e. The molecule has 4 rings (SSSR count). The van der Waals surface area contributed by atoms with Gasteiger partial charge >= 0.3 is 0 Å². The molecule has 1 aromatic heterocycles. The molecule has 3 aromatic carbocycles. The second-order valence-electron chi connectivity index (χ2n) is 6.26. The highest BCUT2D eigenvalue weighted by Crippen LogP contribution is 2.23. The number of aryl methyl sites for hydroxylation is 1. The van der Waals surface area contributed by atoms with Crippen LogP contribution in [0.5, 0.6) is 0 Å². The standard InChI is InChI=1S/C22H17FN4O/c1-15-9-5-8-14-19(15)27-21(16-10-3-2-4-11-16)25-20(26-27)22(28)24-18-13-7-6-12-17(18)23/h2-14H,1H3,(H,24,28). The largest absolute Gasteiger partial charge is 0.317 e. The van der Waals surface area contributed by atoms with E-state index in [0.29, 0.717) is 5.82 Å². The number of halogens is 1. The Labute approximate surface area is 161 Å². The summed E-state index contributed by atoms with van der Waals surface area (Å²) in [6, 6.07) is 23.2. The molecule has 0 aliphatic heterocycles. The molecule has 28 heavy (non-hydrogen) atoms. The Balaban J connectivity index is 1.79. The van der Waals surface area contributed by atoms with E-state index in [0.717, 1.165) is 16.8 Å². The molecule has 0 aliphatic rings. The molecule has 138 valence electrons. The van der Waals surface area contributed by atoms with Crippen LogP contribution in [0.4, 0.5) is 10.1 Å². The fourth-order valence-corrected chi connectivity index (χ4v) is 2.89. The summed E-state index contributed by atoms with van der Waals surface area (Å²) in [5.41, 5.74) is 2.72. The van der Waals surface area contributed by atoms with Gasteiger partial charge in [0, 0.05) is 5.56 Å². The minimum absolute atomic E-state index is 0.0367. The Morgan fingerprint density at radius 1 is 0.929 bits per heavy atom. The van der Waals surface area contributed by atoms with Gasteiger partial charge in [0.25, 0.3) is 5.91 Å². The zero-order valence-corrected chi connectivity index (χ0v) is 15.1. The number of hydrogen-bond donors (Lipinski definition) is 1. The van der Waals surface area contributed by atoms with Crippen LogP contribution in [-0.4, -0.2) is 20.7 Å². The maximum atomic E-state index is 13.9. The topological polar surface area (TPSA) is 59.8 Å². The third kappa shape index (κ3) is 3.40. The van der Waals surface area contributed by atoms with E-state index in [2.05, 4.69) is 15.4 Å². The van der Waals surface area contributed by atoms with Gasteiger partial charge in [-0.2, -0.15) is 0 Å². The van der Waals surface area contributed by atoms with Crippen LogP contribution in [0.2, 0.25) is 0 Å². The van der Waals surface area contributed by atoms with Crippen molar-refractivity contribution in [3.63, 3.8) is 0 Å². The maximum Gasteiger partial charge on any atom is 0.295 e. The molecular formula is C22H17FN4O. The molecule has 0 atom stereocenters. The van der Waals surface area contributed by atoms with Crippen molar-refractivity contribution in [1.82, 2.24) is 14.8 Å². The maximum absolute atomic E-state index is 13.9. The average Bonchev–Trinajstić information content (AvgIpc) is 3.16. The van der Waals surface area contributed by atoms with Gasteiger partial charge in [0.05, 0.1) is 11.4 Å². The summed E-state index contributed by atoms with van der Waals surface area (Å²) in [7, 11) is 0. The van der Waals surface area contributed by atoms with E-state index in [1.165, 1.54) is 12.1 Å². The zero-order chi connectivity index (χ0) is 19.5. The predicted octanol–water partition coefficient (Wildman–Crippen LogP) is 4.63. The number of aromatic nitrogens is 3. The first-order chi connectivity index (χ1) is 13.6. The minimum Gasteiger partial charge on any atom is -0.317 e. The van der Waals surface area contributed by atoms with E-state index in [1.54, 1.807) is 16.8 Å². The van der Waals surface area contributed by atoms with E-state index in [4.69, 9.17) is 0 Å². The number of hydrogen-bond acceptors (Lipinski definition) is 3. The summed E-state index contributed by atoms with van der Waals surface area (Å²) in [5, 5.41) is 6.95. The molecular weight excluding hydrogens is 355 g/mol. The van der Waals surface area contributed by atoms with Crippen molar-refractivity contribution in [1.29, 1.82) is 0 Å². The van der Waals surface area contributed by atoms with Gasteiger partial charge in [0.15, 0.2) is 5.82 Å². The van der Waals surface area contributed by atoms with E-state index < -0.39 is 11.7 Å². The molecule has 0 aliphatic carbocycles. The Bertz CT molecular complexity index is 1140. The molecule has 0 saturated carbocycles. The quantitative estimate of drug-likeness (QED) is 0.568. The number of amides is 1. The number of carbonyl (C=O) groups is 1. The highest BCUT2D eigenvalue weighted by molar-refractivity contribution is 6.01. The first-order valence-electron chi connectivity index (χ1n) is 8.78. The lowest BCUT2D eigenvalue weighted by molar-refractivity contribution is 0.101. The van der Waals surface area contributed by atoms with Gasteiger partial charge in [-0.3, -0.25) is 4.79 Å². The third-order valence-corrected chi connectivity index (χ3v) is 4.31. The molecule has 1 amide bonds. The van der Waals surface area contributed by atoms with Crippen LogP contribution in [0.3, 0.4) is 0 Å². The fraction of sp³-hybridized carbons (Fsp3) is 0.0455. The molecule has 0 fully saturated rings. The highest BCUT2D eigenvalue weighted by atomic mass is 19.1. The van der Waals surface area contributed by atoms with Crippen LogP contribution in [0.25, 0.3) is 17.1 Å². The number of carbonyl (C=O) groups excluding carboxylic acids is 1. The van der Waals surface area contributed by atoms with Crippen LogP contribution in [0.15, 0.2) is 78.9 Å². The molecule has 5 nitrogen and oxygen atoms in total. The van der Waals surface area contributed by atoms with Crippen LogP contribution in [-0.2, 0) is 0 Å². The molecule has 6 heteroatoms. The third-order valence-electron chi connectivity index (χ3n) is 4.31. The molecule has 0 spiro atoms. The van der Waals surface area contributed by atoms with Crippen molar-refractivity contribution in [2.75, 3.05) is 5.32 Å². The van der Waals surface area contributed by atoms with E-state index >= 15 is 0 Å². The van der Waals surface area contributed by atoms with Gasteiger partial charge in [0.1, 0.15) is 5.82 Å². The minimum atomic E-state index is -0.574. The summed E-state index contributed by atoms with van der Waals surface area (Å²) in [4.78, 5) is 17.1.